The number of morpholine rings is 1. The second kappa shape index (κ2) is 7.68. The van der Waals surface area contributed by atoms with Crippen LogP contribution in [-0.2, 0) is 14.8 Å². The van der Waals surface area contributed by atoms with E-state index in [1.54, 1.807) is 19.9 Å². The maximum absolute atomic E-state index is 12.7. The molecule has 1 fully saturated rings. The minimum Gasteiger partial charge on any atom is -0.379 e. The smallest absolute Gasteiger partial charge is 0.242 e. The van der Waals surface area contributed by atoms with Crippen molar-refractivity contribution in [2.24, 2.45) is 0 Å². The first-order chi connectivity index (χ1) is 10.7. The van der Waals surface area contributed by atoms with Crippen LogP contribution in [0, 0.1) is 13.8 Å². The molecule has 0 radical (unpaired) electrons. The van der Waals surface area contributed by atoms with Crippen molar-refractivity contribution in [1.29, 1.82) is 0 Å². The molecule has 1 atom stereocenters. The summed E-state index contributed by atoms with van der Waals surface area (Å²) in [5.74, 6) is 0. The molecule has 1 aromatic carbocycles. The molecule has 0 unspecified atom stereocenters. The molecule has 2 rings (SSSR count). The summed E-state index contributed by atoms with van der Waals surface area (Å²) in [5, 5.41) is 0.617. The van der Waals surface area contributed by atoms with Crippen LogP contribution >= 0.6 is 23.2 Å². The van der Waals surface area contributed by atoms with E-state index in [9.17, 15) is 8.42 Å². The summed E-state index contributed by atoms with van der Waals surface area (Å²) in [6, 6.07) is 1.43. The van der Waals surface area contributed by atoms with Crippen molar-refractivity contribution < 1.29 is 13.2 Å². The van der Waals surface area contributed by atoms with Crippen LogP contribution in [0.3, 0.4) is 0 Å². The van der Waals surface area contributed by atoms with Crippen LogP contribution in [0.15, 0.2) is 11.0 Å². The summed E-state index contributed by atoms with van der Waals surface area (Å²) in [4.78, 5) is 2.24. The van der Waals surface area contributed by atoms with Gasteiger partial charge in [0, 0.05) is 30.7 Å². The number of aryl methyl sites for hydroxylation is 1. The van der Waals surface area contributed by atoms with Gasteiger partial charge in [0.25, 0.3) is 0 Å². The maximum atomic E-state index is 12.7. The molecule has 23 heavy (non-hydrogen) atoms. The van der Waals surface area contributed by atoms with Gasteiger partial charge in [-0.25, -0.2) is 13.1 Å². The lowest BCUT2D eigenvalue weighted by Crippen LogP contribution is -2.46. The van der Waals surface area contributed by atoms with Crippen molar-refractivity contribution >= 4 is 33.2 Å². The predicted octanol–water partition coefficient (Wildman–Crippen LogP) is 2.61. The van der Waals surface area contributed by atoms with Crippen LogP contribution in [-0.4, -0.2) is 52.2 Å². The van der Waals surface area contributed by atoms with Gasteiger partial charge in [-0.15, -0.1) is 0 Å². The van der Waals surface area contributed by atoms with E-state index in [4.69, 9.17) is 27.9 Å². The molecule has 130 valence electrons. The average molecular weight is 381 g/mol. The zero-order valence-corrected chi connectivity index (χ0v) is 15.9. The first-order valence-corrected chi connectivity index (χ1v) is 9.74. The third-order valence-electron chi connectivity index (χ3n) is 3.85. The van der Waals surface area contributed by atoms with Crippen LogP contribution < -0.4 is 4.72 Å². The molecular weight excluding hydrogens is 359 g/mol. The molecule has 0 aliphatic carbocycles. The number of halogens is 2. The van der Waals surface area contributed by atoms with Gasteiger partial charge in [-0.1, -0.05) is 23.2 Å². The highest BCUT2D eigenvalue weighted by Crippen LogP contribution is 2.33. The number of hydrogen-bond acceptors (Lipinski definition) is 4. The third kappa shape index (κ3) is 4.59. The summed E-state index contributed by atoms with van der Waals surface area (Å²) in [5.41, 5.74) is 1.11. The number of benzene rings is 1. The van der Waals surface area contributed by atoms with Gasteiger partial charge in [0.1, 0.15) is 4.90 Å². The summed E-state index contributed by atoms with van der Waals surface area (Å²) in [7, 11) is -3.74. The fraction of sp³-hybridized carbons (Fsp3) is 0.600. The molecule has 1 aromatic rings. The third-order valence-corrected chi connectivity index (χ3v) is 6.60. The van der Waals surface area contributed by atoms with Crippen molar-refractivity contribution in [3.8, 4) is 0 Å². The van der Waals surface area contributed by atoms with E-state index in [1.165, 1.54) is 0 Å². The first kappa shape index (κ1) is 19.0. The summed E-state index contributed by atoms with van der Waals surface area (Å²) >= 11 is 12.3. The Morgan fingerprint density at radius 1 is 1.30 bits per heavy atom. The van der Waals surface area contributed by atoms with E-state index in [0.717, 1.165) is 13.1 Å². The largest absolute Gasteiger partial charge is 0.379 e. The lowest BCUT2D eigenvalue weighted by Gasteiger charge is -2.29. The summed E-state index contributed by atoms with van der Waals surface area (Å²) in [6.45, 7) is 8.84. The number of nitrogens with zero attached hydrogens (tertiary/aromatic N) is 1. The average Bonchev–Trinajstić information content (AvgIpc) is 2.45. The fourth-order valence-electron chi connectivity index (χ4n) is 2.67. The Hall–Kier alpha value is -0.370. The molecule has 1 aliphatic rings. The van der Waals surface area contributed by atoms with Crippen LogP contribution in [0.4, 0.5) is 0 Å². The van der Waals surface area contributed by atoms with Crippen molar-refractivity contribution in [3.05, 3.63) is 27.2 Å². The molecule has 0 spiro atoms. The number of sulfonamides is 1. The minimum atomic E-state index is -3.74. The monoisotopic (exact) mass is 380 g/mol. The molecule has 1 N–H and O–H groups in total. The minimum absolute atomic E-state index is 0.0676. The van der Waals surface area contributed by atoms with Gasteiger partial charge < -0.3 is 4.74 Å². The first-order valence-electron chi connectivity index (χ1n) is 7.50. The van der Waals surface area contributed by atoms with Gasteiger partial charge >= 0.3 is 0 Å². The molecule has 0 amide bonds. The van der Waals surface area contributed by atoms with Gasteiger partial charge in [-0.05, 0) is 38.0 Å². The predicted molar refractivity (Wildman–Crippen MR) is 93.0 cm³/mol. The second-order valence-corrected chi connectivity index (χ2v) is 8.31. The van der Waals surface area contributed by atoms with E-state index in [-0.39, 0.29) is 16.0 Å². The lowest BCUT2D eigenvalue weighted by atomic mass is 10.2. The topological polar surface area (TPSA) is 58.6 Å². The van der Waals surface area contributed by atoms with Gasteiger partial charge in [-0.2, -0.15) is 0 Å². The maximum Gasteiger partial charge on any atom is 0.242 e. The van der Waals surface area contributed by atoms with Crippen LogP contribution in [0.5, 0.6) is 0 Å². The van der Waals surface area contributed by atoms with Crippen molar-refractivity contribution in [2.75, 3.05) is 32.8 Å². The molecule has 0 bridgehead atoms. The zero-order valence-electron chi connectivity index (χ0n) is 13.5. The SMILES string of the molecule is Cc1cc(Cl)c(C)c(S(=O)(=O)N[C@H](C)CN2CCOCC2)c1Cl. The molecule has 0 aromatic heterocycles. The van der Waals surface area contributed by atoms with Crippen molar-refractivity contribution in [3.63, 3.8) is 0 Å². The van der Waals surface area contributed by atoms with E-state index < -0.39 is 10.0 Å². The van der Waals surface area contributed by atoms with Gasteiger partial charge in [0.2, 0.25) is 10.0 Å². The molecule has 1 heterocycles. The molecular formula is C15H22Cl2N2O3S. The summed E-state index contributed by atoms with van der Waals surface area (Å²) < 4.78 is 33.5. The Balaban J connectivity index is 2.18. The van der Waals surface area contributed by atoms with Crippen LogP contribution in [0.25, 0.3) is 0 Å². The van der Waals surface area contributed by atoms with Gasteiger partial charge in [0.05, 0.1) is 18.2 Å². The van der Waals surface area contributed by atoms with E-state index in [2.05, 4.69) is 9.62 Å². The van der Waals surface area contributed by atoms with Crippen molar-refractivity contribution in [2.45, 2.75) is 31.7 Å². The molecule has 1 aliphatic heterocycles. The van der Waals surface area contributed by atoms with E-state index >= 15 is 0 Å². The molecule has 5 nitrogen and oxygen atoms in total. The number of ether oxygens (including phenoxy) is 1. The fourth-order valence-corrected chi connectivity index (χ4v) is 5.11. The second-order valence-electron chi connectivity index (χ2n) is 5.88. The standard InChI is InChI=1S/C15H22Cl2N2O3S/c1-10-8-13(16)12(3)15(14(10)17)23(20,21)18-11(2)9-19-4-6-22-7-5-19/h8,11,18H,4-7,9H2,1-3H3/t11-/m1/s1. The Morgan fingerprint density at radius 3 is 2.52 bits per heavy atom. The molecule has 0 saturated carbocycles. The lowest BCUT2D eigenvalue weighted by molar-refractivity contribution is 0.0354. The molecule has 1 saturated heterocycles. The number of nitrogens with one attached hydrogen (secondary N) is 1. The number of rotatable bonds is 5. The van der Waals surface area contributed by atoms with E-state index in [0.29, 0.717) is 35.9 Å². The quantitative estimate of drug-likeness (QED) is 0.852. The molecule has 8 heteroatoms. The highest BCUT2D eigenvalue weighted by atomic mass is 35.5. The Bertz CT molecular complexity index is 648. The Kier molecular flexibility index (Phi) is 6.33. The highest BCUT2D eigenvalue weighted by Gasteiger charge is 2.26. The van der Waals surface area contributed by atoms with Gasteiger partial charge in [-0.3, -0.25) is 4.90 Å². The Labute approximate surface area is 148 Å². The van der Waals surface area contributed by atoms with Crippen molar-refractivity contribution in [1.82, 2.24) is 9.62 Å². The zero-order chi connectivity index (χ0) is 17.2. The van der Waals surface area contributed by atoms with Crippen LogP contribution in [0.2, 0.25) is 10.0 Å². The highest BCUT2D eigenvalue weighted by molar-refractivity contribution is 7.89. The Morgan fingerprint density at radius 2 is 1.91 bits per heavy atom. The van der Waals surface area contributed by atoms with Gasteiger partial charge in [0.15, 0.2) is 0 Å². The number of hydrogen-bond donors (Lipinski definition) is 1. The van der Waals surface area contributed by atoms with E-state index in [1.807, 2.05) is 6.92 Å². The summed E-state index contributed by atoms with van der Waals surface area (Å²) in [6.07, 6.45) is 0. The normalized spacial score (nSPS) is 18.1. The van der Waals surface area contributed by atoms with Crippen LogP contribution in [0.1, 0.15) is 18.1 Å².